The van der Waals surface area contributed by atoms with Crippen LogP contribution in [0.15, 0.2) is 72.8 Å². The normalized spacial score (nSPS) is 14.1. The monoisotopic (exact) mass is 574 g/mol. The molecule has 6 nitrogen and oxygen atoms in total. The Balaban J connectivity index is 1.77. The second-order valence-electron chi connectivity index (χ2n) is 8.39. The average Bonchev–Trinajstić information content (AvgIpc) is 2.88. The van der Waals surface area contributed by atoms with Crippen molar-refractivity contribution < 1.29 is 28.0 Å². The molecule has 0 fully saturated rings. The topological polar surface area (TPSA) is 78.9 Å². The minimum absolute atomic E-state index is 0.574. The summed E-state index contributed by atoms with van der Waals surface area (Å²) in [5.41, 5.74) is 4.75. The molecule has 0 aliphatic heterocycles. The summed E-state index contributed by atoms with van der Waals surface area (Å²) in [6.45, 7) is 5.74. The third-order valence-electron chi connectivity index (χ3n) is 5.34. The molecule has 0 saturated heterocycles. The molecule has 0 bridgehead atoms. The van der Waals surface area contributed by atoms with Crippen LogP contribution in [0.2, 0.25) is 0 Å². The van der Waals surface area contributed by atoms with Gasteiger partial charge in [0.1, 0.15) is 15.7 Å². The van der Waals surface area contributed by atoms with Crippen LogP contribution in [0.25, 0.3) is 0 Å². The number of carbonyl (C=O) groups is 3. The molecule has 0 radical (unpaired) electrons. The van der Waals surface area contributed by atoms with Crippen LogP contribution >= 0.6 is 46.5 Å². The Bertz CT molecular complexity index is 1080. The van der Waals surface area contributed by atoms with Gasteiger partial charge < -0.3 is 13.6 Å². The van der Waals surface area contributed by atoms with E-state index in [0.29, 0.717) is 16.7 Å². The minimum Gasteiger partial charge on any atom is -0.374 e. The number of thiol groups is 3. The van der Waals surface area contributed by atoms with Gasteiger partial charge in [0.2, 0.25) is 0 Å². The SMILES string of the molecule is Cc1ccc(C(S)C(=O)OP(OC(=O)C(S)c2ccc(C)cc2)OC(=O)C(S)c2ccc(C)cc2)cc1. The highest BCUT2D eigenvalue weighted by molar-refractivity contribution is 7.81. The van der Waals surface area contributed by atoms with E-state index in [-0.39, 0.29) is 0 Å². The zero-order valence-electron chi connectivity index (χ0n) is 20.4. The van der Waals surface area contributed by atoms with Gasteiger partial charge in [-0.2, -0.15) is 37.9 Å². The van der Waals surface area contributed by atoms with Crippen LogP contribution in [0.3, 0.4) is 0 Å². The third kappa shape index (κ3) is 8.27. The molecule has 3 aromatic carbocycles. The van der Waals surface area contributed by atoms with Gasteiger partial charge in [0.05, 0.1) is 0 Å². The van der Waals surface area contributed by atoms with Crippen molar-refractivity contribution in [3.8, 4) is 0 Å². The van der Waals surface area contributed by atoms with E-state index in [9.17, 15) is 14.4 Å². The number of hydrogen-bond donors (Lipinski definition) is 3. The Hall–Kier alpha value is -2.45. The van der Waals surface area contributed by atoms with Gasteiger partial charge in [-0.05, 0) is 37.5 Å². The molecule has 0 saturated carbocycles. The first kappa shape index (κ1) is 29.1. The molecular formula is C27H27O6PS3. The molecule has 37 heavy (non-hydrogen) atoms. The smallest absolute Gasteiger partial charge is 0.374 e. The lowest BCUT2D eigenvalue weighted by Gasteiger charge is -2.20. The molecule has 0 amide bonds. The van der Waals surface area contributed by atoms with E-state index >= 15 is 0 Å². The molecule has 0 spiro atoms. The Kier molecular flexibility index (Phi) is 10.5. The Morgan fingerprint density at radius 2 is 0.730 bits per heavy atom. The molecule has 3 unspecified atom stereocenters. The predicted molar refractivity (Wildman–Crippen MR) is 154 cm³/mol. The first-order valence-electron chi connectivity index (χ1n) is 11.2. The Labute approximate surface area is 234 Å². The molecule has 3 rings (SSSR count). The molecule has 0 aromatic heterocycles. The lowest BCUT2D eigenvalue weighted by molar-refractivity contribution is -0.141. The second kappa shape index (κ2) is 13.4. The summed E-state index contributed by atoms with van der Waals surface area (Å²) in [7, 11) is -2.76. The number of carbonyl (C=O) groups excluding carboxylic acids is 3. The second-order valence-corrected chi connectivity index (χ2v) is 10.9. The van der Waals surface area contributed by atoms with Gasteiger partial charge in [-0.15, -0.1) is 0 Å². The molecule has 0 heterocycles. The molecule has 3 atom stereocenters. The van der Waals surface area contributed by atoms with Gasteiger partial charge in [0, 0.05) is 0 Å². The van der Waals surface area contributed by atoms with E-state index in [4.69, 9.17) is 13.6 Å². The van der Waals surface area contributed by atoms with Crippen LogP contribution in [0.5, 0.6) is 0 Å². The minimum atomic E-state index is -2.76. The summed E-state index contributed by atoms with van der Waals surface area (Å²) >= 11 is 13.0. The van der Waals surface area contributed by atoms with Crippen molar-refractivity contribution in [2.75, 3.05) is 0 Å². The van der Waals surface area contributed by atoms with Crippen molar-refractivity contribution in [2.24, 2.45) is 0 Å². The summed E-state index contributed by atoms with van der Waals surface area (Å²) in [5, 5.41) is -2.97. The van der Waals surface area contributed by atoms with Crippen molar-refractivity contribution in [1.82, 2.24) is 0 Å². The van der Waals surface area contributed by atoms with Crippen LogP contribution in [0.1, 0.15) is 49.1 Å². The first-order chi connectivity index (χ1) is 17.5. The highest BCUT2D eigenvalue weighted by Crippen LogP contribution is 2.45. The molecule has 3 aromatic rings. The van der Waals surface area contributed by atoms with Gasteiger partial charge in [-0.3, -0.25) is 14.4 Å². The van der Waals surface area contributed by atoms with Crippen molar-refractivity contribution in [2.45, 2.75) is 36.5 Å². The van der Waals surface area contributed by atoms with Gasteiger partial charge in [0.15, 0.2) is 0 Å². The molecule has 10 heteroatoms. The van der Waals surface area contributed by atoms with Crippen molar-refractivity contribution in [3.63, 3.8) is 0 Å². The summed E-state index contributed by atoms with van der Waals surface area (Å²) in [6.07, 6.45) is 0. The molecule has 0 aliphatic carbocycles. The standard InChI is InChI=1S/C27H27O6PS3/c1-16-4-10-19(11-5-16)22(35)25(28)31-34(32-26(29)23(36)20-12-6-17(2)7-13-20)33-27(30)24(37)21-14-8-18(3)9-15-21/h4-15,22-24,35-37H,1-3H3. The van der Waals surface area contributed by atoms with Crippen LogP contribution < -0.4 is 0 Å². The predicted octanol–water partition coefficient (Wildman–Crippen LogP) is 6.78. The highest BCUT2D eigenvalue weighted by Gasteiger charge is 2.34. The average molecular weight is 575 g/mol. The summed E-state index contributed by atoms with van der Waals surface area (Å²) in [5.74, 6) is -2.51. The maximum Gasteiger partial charge on any atom is 0.537 e. The molecule has 194 valence electrons. The highest BCUT2D eigenvalue weighted by atomic mass is 32.1. The lowest BCUT2D eigenvalue weighted by atomic mass is 10.1. The summed E-state index contributed by atoms with van der Waals surface area (Å²) in [4.78, 5) is 38.6. The molecular weight excluding hydrogens is 547 g/mol. The van der Waals surface area contributed by atoms with E-state index in [1.54, 1.807) is 36.4 Å². The van der Waals surface area contributed by atoms with Crippen LogP contribution in [-0.4, -0.2) is 17.9 Å². The van der Waals surface area contributed by atoms with Crippen molar-refractivity contribution in [1.29, 1.82) is 0 Å². The number of rotatable bonds is 9. The zero-order chi connectivity index (χ0) is 27.1. The fraction of sp³-hybridized carbons (Fsp3) is 0.222. The van der Waals surface area contributed by atoms with E-state index in [1.165, 1.54) is 0 Å². The maximum absolute atomic E-state index is 12.9. The van der Waals surface area contributed by atoms with Gasteiger partial charge in [-0.1, -0.05) is 89.5 Å². The quantitative estimate of drug-likeness (QED) is 0.193. The largest absolute Gasteiger partial charge is 0.537 e. The van der Waals surface area contributed by atoms with Crippen LogP contribution in [0, 0.1) is 20.8 Å². The van der Waals surface area contributed by atoms with Crippen LogP contribution in [0.4, 0.5) is 0 Å². The third-order valence-corrected chi connectivity index (χ3v) is 7.86. The number of aryl methyl sites for hydroxylation is 3. The molecule has 0 N–H and O–H groups in total. The fourth-order valence-electron chi connectivity index (χ4n) is 3.08. The Morgan fingerprint density at radius 1 is 0.514 bits per heavy atom. The van der Waals surface area contributed by atoms with E-state index < -0.39 is 42.3 Å². The lowest BCUT2D eigenvalue weighted by Crippen LogP contribution is -2.17. The zero-order valence-corrected chi connectivity index (χ0v) is 24.0. The number of benzene rings is 3. The van der Waals surface area contributed by atoms with Gasteiger partial charge in [-0.25, -0.2) is 0 Å². The maximum atomic E-state index is 12.9. The first-order valence-corrected chi connectivity index (χ1v) is 13.9. The van der Waals surface area contributed by atoms with Gasteiger partial charge in [0.25, 0.3) is 0 Å². The summed E-state index contributed by atoms with van der Waals surface area (Å²) in [6, 6.07) is 21.4. The number of hydrogen-bond acceptors (Lipinski definition) is 9. The van der Waals surface area contributed by atoms with Crippen LogP contribution in [-0.2, 0) is 28.0 Å². The summed E-state index contributed by atoms with van der Waals surface area (Å²) < 4.78 is 16.0. The molecule has 0 aliphatic rings. The van der Waals surface area contributed by atoms with E-state index in [1.807, 2.05) is 57.2 Å². The Morgan fingerprint density at radius 3 is 0.946 bits per heavy atom. The van der Waals surface area contributed by atoms with E-state index in [0.717, 1.165) is 16.7 Å². The van der Waals surface area contributed by atoms with E-state index in [2.05, 4.69) is 37.9 Å². The van der Waals surface area contributed by atoms with Crippen molar-refractivity contribution in [3.05, 3.63) is 106 Å². The van der Waals surface area contributed by atoms with Gasteiger partial charge >= 0.3 is 26.5 Å². The fourth-order valence-corrected chi connectivity index (χ4v) is 4.87. The van der Waals surface area contributed by atoms with Crippen molar-refractivity contribution >= 4 is 64.4 Å².